The number of aliphatic imine (C=N–C) groups is 1. The molecule has 1 unspecified atom stereocenters. The van der Waals surface area contributed by atoms with Crippen LogP contribution in [0, 0.1) is 5.92 Å². The van der Waals surface area contributed by atoms with Gasteiger partial charge in [-0.3, -0.25) is 14.6 Å². The molecule has 2 amide bonds. The Kier molecular flexibility index (Phi) is 3.77. The molecule has 7 heteroatoms. The van der Waals surface area contributed by atoms with Crippen LogP contribution in [-0.4, -0.2) is 40.7 Å². The van der Waals surface area contributed by atoms with E-state index in [0.29, 0.717) is 18.3 Å². The van der Waals surface area contributed by atoms with Gasteiger partial charge in [-0.05, 0) is 12.1 Å². The van der Waals surface area contributed by atoms with E-state index >= 15 is 0 Å². The second-order valence-electron chi connectivity index (χ2n) is 4.78. The zero-order chi connectivity index (χ0) is 13.9. The zero-order valence-electron chi connectivity index (χ0n) is 10.9. The van der Waals surface area contributed by atoms with E-state index in [4.69, 9.17) is 4.42 Å². The van der Waals surface area contributed by atoms with Crippen LogP contribution in [0.2, 0.25) is 0 Å². The van der Waals surface area contributed by atoms with Gasteiger partial charge in [0, 0.05) is 18.7 Å². The summed E-state index contributed by atoms with van der Waals surface area (Å²) in [4.78, 5) is 29.8. The minimum absolute atomic E-state index is 0.0115. The lowest BCUT2D eigenvalue weighted by Gasteiger charge is -2.14. The molecule has 1 aromatic rings. The van der Waals surface area contributed by atoms with Gasteiger partial charge in [-0.25, -0.2) is 0 Å². The summed E-state index contributed by atoms with van der Waals surface area (Å²) in [7, 11) is 0. The van der Waals surface area contributed by atoms with Crippen molar-refractivity contribution < 1.29 is 14.0 Å². The van der Waals surface area contributed by atoms with Crippen molar-refractivity contribution in [3.63, 3.8) is 0 Å². The van der Waals surface area contributed by atoms with Crippen molar-refractivity contribution in [1.29, 1.82) is 0 Å². The number of amides is 2. The molecule has 106 valence electrons. The molecule has 3 rings (SSSR count). The minimum Gasteiger partial charge on any atom is -0.467 e. The van der Waals surface area contributed by atoms with Crippen molar-refractivity contribution >= 4 is 28.7 Å². The zero-order valence-corrected chi connectivity index (χ0v) is 11.7. The molecule has 1 N–H and O–H groups in total. The summed E-state index contributed by atoms with van der Waals surface area (Å²) in [6.45, 7) is 1.60. The van der Waals surface area contributed by atoms with Crippen LogP contribution >= 0.6 is 11.8 Å². The Labute approximate surface area is 120 Å². The third-order valence-corrected chi connectivity index (χ3v) is 4.22. The Bertz CT molecular complexity index is 541. The first kappa shape index (κ1) is 13.2. The van der Waals surface area contributed by atoms with Gasteiger partial charge in [0.15, 0.2) is 5.17 Å². The molecular weight excluding hydrogens is 278 g/mol. The summed E-state index contributed by atoms with van der Waals surface area (Å²) >= 11 is 1.54. The fourth-order valence-corrected chi connectivity index (χ4v) is 3.04. The summed E-state index contributed by atoms with van der Waals surface area (Å²) in [5, 5.41) is 3.47. The van der Waals surface area contributed by atoms with E-state index in [1.807, 2.05) is 6.07 Å². The maximum atomic E-state index is 12.1. The van der Waals surface area contributed by atoms with Gasteiger partial charge >= 0.3 is 0 Å². The van der Waals surface area contributed by atoms with Crippen LogP contribution in [0.4, 0.5) is 0 Å². The Balaban J connectivity index is 1.57. The van der Waals surface area contributed by atoms with Crippen LogP contribution in [-0.2, 0) is 16.1 Å². The lowest BCUT2D eigenvalue weighted by molar-refractivity contribution is -0.129. The number of thioether (sulfide) groups is 1. The van der Waals surface area contributed by atoms with Crippen LogP contribution in [0.5, 0.6) is 0 Å². The van der Waals surface area contributed by atoms with Crippen LogP contribution in [0.25, 0.3) is 0 Å². The van der Waals surface area contributed by atoms with E-state index in [-0.39, 0.29) is 24.2 Å². The highest BCUT2D eigenvalue weighted by atomic mass is 32.2. The number of carbonyl (C=O) groups is 2. The molecule has 0 saturated carbocycles. The fraction of sp³-hybridized carbons (Fsp3) is 0.462. The topological polar surface area (TPSA) is 74.9 Å². The first-order valence-corrected chi connectivity index (χ1v) is 7.49. The molecule has 1 saturated heterocycles. The summed E-state index contributed by atoms with van der Waals surface area (Å²) in [5.74, 6) is 1.21. The molecule has 3 heterocycles. The number of hydrogen-bond donors (Lipinski definition) is 1. The van der Waals surface area contributed by atoms with Gasteiger partial charge in [-0.1, -0.05) is 11.8 Å². The molecule has 20 heavy (non-hydrogen) atoms. The Morgan fingerprint density at radius 1 is 1.60 bits per heavy atom. The summed E-state index contributed by atoms with van der Waals surface area (Å²) in [6.07, 6.45) is 1.83. The number of nitrogens with zero attached hydrogens (tertiary/aromatic N) is 2. The summed E-state index contributed by atoms with van der Waals surface area (Å²) in [6, 6.07) is 3.61. The van der Waals surface area contributed by atoms with E-state index in [2.05, 4.69) is 10.3 Å². The Morgan fingerprint density at radius 3 is 3.20 bits per heavy atom. The van der Waals surface area contributed by atoms with Crippen LogP contribution in [0.15, 0.2) is 27.8 Å². The number of rotatable bonds is 3. The molecule has 0 aliphatic carbocycles. The maximum absolute atomic E-state index is 12.1. The van der Waals surface area contributed by atoms with E-state index in [1.165, 1.54) is 11.8 Å². The summed E-state index contributed by atoms with van der Waals surface area (Å²) in [5.41, 5.74) is 0. The molecule has 0 aromatic carbocycles. The van der Waals surface area contributed by atoms with Gasteiger partial charge in [0.2, 0.25) is 11.8 Å². The van der Waals surface area contributed by atoms with Gasteiger partial charge in [0.25, 0.3) is 0 Å². The predicted octanol–water partition coefficient (Wildman–Crippen LogP) is 0.847. The standard InChI is InChI=1S/C13H15N3O3S/c17-11-6-9(12(18)15-13-14-3-5-20-13)7-16(11)8-10-2-1-4-19-10/h1-2,4,9H,3,5-8H2,(H,14,15,18). The average Bonchev–Trinajstić information content (AvgIpc) is 3.13. The van der Waals surface area contributed by atoms with Crippen LogP contribution in [0.3, 0.4) is 0 Å². The van der Waals surface area contributed by atoms with Crippen molar-refractivity contribution in [2.75, 3.05) is 18.8 Å². The summed E-state index contributed by atoms with van der Waals surface area (Å²) < 4.78 is 5.23. The highest BCUT2D eigenvalue weighted by Crippen LogP contribution is 2.21. The normalized spacial score (nSPS) is 22.2. The number of carbonyl (C=O) groups excluding carboxylic acids is 2. The molecule has 1 fully saturated rings. The first-order chi connectivity index (χ1) is 9.72. The lowest BCUT2D eigenvalue weighted by atomic mass is 10.1. The molecule has 1 atom stereocenters. The third kappa shape index (κ3) is 2.87. The smallest absolute Gasteiger partial charge is 0.231 e. The van der Waals surface area contributed by atoms with E-state index in [9.17, 15) is 9.59 Å². The van der Waals surface area contributed by atoms with Crippen molar-refractivity contribution in [3.8, 4) is 0 Å². The van der Waals surface area contributed by atoms with Crippen LogP contribution < -0.4 is 5.32 Å². The first-order valence-electron chi connectivity index (χ1n) is 6.50. The highest BCUT2D eigenvalue weighted by Gasteiger charge is 2.35. The number of likely N-dealkylation sites (tertiary alicyclic amines) is 1. The van der Waals surface area contributed by atoms with Crippen molar-refractivity contribution in [1.82, 2.24) is 10.2 Å². The largest absolute Gasteiger partial charge is 0.467 e. The number of furan rings is 1. The third-order valence-electron chi connectivity index (χ3n) is 3.33. The fourth-order valence-electron chi connectivity index (χ4n) is 2.31. The van der Waals surface area contributed by atoms with E-state index in [1.54, 1.807) is 17.2 Å². The molecule has 0 radical (unpaired) electrons. The molecular formula is C13H15N3O3S. The van der Waals surface area contributed by atoms with Gasteiger partial charge < -0.3 is 14.6 Å². The van der Waals surface area contributed by atoms with Gasteiger partial charge in [-0.2, -0.15) is 0 Å². The number of nitrogens with one attached hydrogen (secondary N) is 1. The van der Waals surface area contributed by atoms with Crippen molar-refractivity contribution in [2.24, 2.45) is 10.9 Å². The van der Waals surface area contributed by atoms with E-state index in [0.717, 1.165) is 18.1 Å². The number of amidine groups is 1. The average molecular weight is 293 g/mol. The Hall–Kier alpha value is -1.76. The SMILES string of the molecule is O=C(NC1=NCCS1)C1CC(=O)N(Cc2ccco2)C1. The van der Waals surface area contributed by atoms with E-state index < -0.39 is 0 Å². The molecule has 2 aliphatic heterocycles. The van der Waals surface area contributed by atoms with Crippen LogP contribution in [0.1, 0.15) is 12.2 Å². The number of hydrogen-bond acceptors (Lipinski definition) is 5. The second-order valence-corrected chi connectivity index (χ2v) is 5.86. The molecule has 0 bridgehead atoms. The quantitative estimate of drug-likeness (QED) is 0.896. The molecule has 1 aromatic heterocycles. The van der Waals surface area contributed by atoms with Gasteiger partial charge in [-0.15, -0.1) is 0 Å². The van der Waals surface area contributed by atoms with Crippen molar-refractivity contribution in [3.05, 3.63) is 24.2 Å². The Morgan fingerprint density at radius 2 is 2.50 bits per heavy atom. The van der Waals surface area contributed by atoms with Gasteiger partial charge in [0.1, 0.15) is 5.76 Å². The predicted molar refractivity (Wildman–Crippen MR) is 75.1 cm³/mol. The van der Waals surface area contributed by atoms with Gasteiger partial charge in [0.05, 0.1) is 25.3 Å². The monoisotopic (exact) mass is 293 g/mol. The minimum atomic E-state index is -0.304. The second kappa shape index (κ2) is 5.70. The van der Waals surface area contributed by atoms with Crippen molar-refractivity contribution in [2.45, 2.75) is 13.0 Å². The molecule has 6 nitrogen and oxygen atoms in total. The lowest BCUT2D eigenvalue weighted by Crippen LogP contribution is -2.35. The maximum Gasteiger partial charge on any atom is 0.231 e. The molecule has 2 aliphatic rings. The highest BCUT2D eigenvalue weighted by molar-refractivity contribution is 8.14. The molecule has 0 spiro atoms.